The van der Waals surface area contributed by atoms with Crippen molar-refractivity contribution < 1.29 is 19.2 Å². The quantitative estimate of drug-likeness (QED) is 0.236. The van der Waals surface area contributed by atoms with Crippen molar-refractivity contribution in [1.29, 1.82) is 0 Å². The molecule has 3 atom stereocenters. The van der Waals surface area contributed by atoms with Gasteiger partial charge >= 0.3 is 0 Å². The normalized spacial score (nSPS) is 12.8. The molecule has 0 aliphatic heterocycles. The smallest absolute Gasteiger partial charge is 0.243 e. The maximum absolute atomic E-state index is 13.3. The molecule has 2 aromatic carbocycles. The second-order valence-corrected chi connectivity index (χ2v) is 8.44. The lowest BCUT2D eigenvalue weighted by atomic mass is 10.0. The van der Waals surface area contributed by atoms with Gasteiger partial charge in [0.15, 0.2) is 0 Å². The Morgan fingerprint density at radius 1 is 0.784 bits per heavy atom. The van der Waals surface area contributed by atoms with Crippen LogP contribution in [0.3, 0.4) is 0 Å². The minimum Gasteiger partial charge on any atom is -0.368 e. The van der Waals surface area contributed by atoms with Crippen LogP contribution in [0.2, 0.25) is 0 Å². The number of amides is 4. The first-order chi connectivity index (χ1) is 17.3. The summed E-state index contributed by atoms with van der Waals surface area (Å²) in [6, 6.07) is 15.5. The molecule has 1 heterocycles. The number of aromatic amines is 1. The summed E-state index contributed by atoms with van der Waals surface area (Å²) in [7, 11) is 0. The van der Waals surface area contributed by atoms with E-state index in [2.05, 4.69) is 25.9 Å². The van der Waals surface area contributed by atoms with Crippen LogP contribution in [0.25, 0.3) is 0 Å². The number of nitrogens with zero attached hydrogens (tertiary/aromatic N) is 1. The second kappa shape index (κ2) is 14.4. The number of primary amides is 1. The minimum absolute atomic E-state index is 0. The van der Waals surface area contributed by atoms with Gasteiger partial charge in [0.1, 0.15) is 18.1 Å². The van der Waals surface area contributed by atoms with Gasteiger partial charge in [-0.25, -0.2) is 4.98 Å². The molecule has 0 saturated heterocycles. The topological polar surface area (TPSA) is 159 Å². The average molecular weight is 527 g/mol. The van der Waals surface area contributed by atoms with Gasteiger partial charge in [-0.1, -0.05) is 60.7 Å². The number of carbonyl (C=O) groups excluding carboxylic acids is 4. The molecule has 0 spiro atoms. The molecule has 1 aromatic heterocycles. The Labute approximate surface area is 221 Å². The first-order valence-electron chi connectivity index (χ1n) is 11.5. The number of benzene rings is 2. The Kier molecular flexibility index (Phi) is 11.3. The summed E-state index contributed by atoms with van der Waals surface area (Å²) in [6.07, 6.45) is 3.53. The predicted molar refractivity (Wildman–Crippen MR) is 140 cm³/mol. The monoisotopic (exact) mass is 526 g/mol. The van der Waals surface area contributed by atoms with Crippen molar-refractivity contribution in [3.8, 4) is 0 Å². The van der Waals surface area contributed by atoms with Crippen LogP contribution in [0.15, 0.2) is 73.2 Å². The van der Waals surface area contributed by atoms with Gasteiger partial charge in [-0.2, -0.15) is 0 Å². The molecule has 0 fully saturated rings. The van der Waals surface area contributed by atoms with E-state index >= 15 is 0 Å². The summed E-state index contributed by atoms with van der Waals surface area (Å²) in [5.41, 5.74) is 7.80. The van der Waals surface area contributed by atoms with Gasteiger partial charge in [0.25, 0.3) is 0 Å². The van der Waals surface area contributed by atoms with Crippen molar-refractivity contribution in [1.82, 2.24) is 25.9 Å². The summed E-state index contributed by atoms with van der Waals surface area (Å²) in [4.78, 5) is 57.2. The van der Waals surface area contributed by atoms with E-state index in [1.165, 1.54) is 19.4 Å². The lowest BCUT2D eigenvalue weighted by Crippen LogP contribution is -2.57. The van der Waals surface area contributed by atoms with Gasteiger partial charge in [0.05, 0.1) is 6.33 Å². The Bertz CT molecular complexity index is 1160. The third-order valence-electron chi connectivity index (χ3n) is 5.53. The molecule has 0 radical (unpaired) electrons. The standard InChI is InChI=1S/C26H30N6O4.ClH/c1-17(33)30-22(12-18-8-4-2-5-9-18)25(35)32-23(13-19-10-6-3-7-11-19)26(36)31-21(24(27)34)14-20-15-28-16-29-20;/h2-11,15-16,21-23H,12-14H2,1H3,(H2,27,34)(H,28,29)(H,30,33)(H,31,36)(H,32,35);1H/t21-,22-,23-;/m0./s1. The van der Waals surface area contributed by atoms with Crippen molar-refractivity contribution in [2.45, 2.75) is 44.3 Å². The maximum atomic E-state index is 13.3. The van der Waals surface area contributed by atoms with Gasteiger partial charge in [-0.3, -0.25) is 19.2 Å². The number of hydrogen-bond donors (Lipinski definition) is 5. The molecular formula is C26H31ClN6O4. The number of nitrogens with two attached hydrogens (primary N) is 1. The highest BCUT2D eigenvalue weighted by molar-refractivity contribution is 5.94. The Morgan fingerprint density at radius 2 is 1.27 bits per heavy atom. The first kappa shape index (κ1) is 29.1. The minimum atomic E-state index is -1.02. The number of nitrogens with one attached hydrogen (secondary N) is 4. The van der Waals surface area contributed by atoms with E-state index in [-0.39, 0.29) is 37.6 Å². The molecular weight excluding hydrogens is 496 g/mol. The number of rotatable bonds is 12. The molecule has 10 nitrogen and oxygen atoms in total. The average Bonchev–Trinajstić information content (AvgIpc) is 3.37. The third kappa shape index (κ3) is 9.42. The predicted octanol–water partition coefficient (Wildman–Crippen LogP) is 0.819. The van der Waals surface area contributed by atoms with Crippen molar-refractivity contribution in [2.75, 3.05) is 0 Å². The number of aromatic nitrogens is 2. The van der Waals surface area contributed by atoms with Crippen LogP contribution in [-0.4, -0.2) is 51.7 Å². The molecule has 0 bridgehead atoms. The van der Waals surface area contributed by atoms with Gasteiger partial charge in [-0.15, -0.1) is 12.4 Å². The van der Waals surface area contributed by atoms with Crippen molar-refractivity contribution in [3.63, 3.8) is 0 Å². The van der Waals surface area contributed by atoms with E-state index < -0.39 is 35.8 Å². The van der Waals surface area contributed by atoms with E-state index in [0.29, 0.717) is 5.69 Å². The van der Waals surface area contributed by atoms with E-state index in [1.54, 1.807) is 0 Å². The van der Waals surface area contributed by atoms with Gasteiger partial charge in [-0.05, 0) is 11.1 Å². The fourth-order valence-electron chi connectivity index (χ4n) is 3.75. The van der Waals surface area contributed by atoms with Crippen LogP contribution in [0.1, 0.15) is 23.7 Å². The Hall–Kier alpha value is -4.18. The zero-order chi connectivity index (χ0) is 25.9. The third-order valence-corrected chi connectivity index (χ3v) is 5.53. The first-order valence-corrected chi connectivity index (χ1v) is 11.5. The summed E-state index contributed by atoms with van der Waals surface area (Å²) in [5, 5.41) is 8.06. The number of hydrogen-bond acceptors (Lipinski definition) is 5. The molecule has 4 amide bonds. The highest BCUT2D eigenvalue weighted by Gasteiger charge is 2.29. The number of halogens is 1. The number of carbonyl (C=O) groups is 4. The molecule has 37 heavy (non-hydrogen) atoms. The van der Waals surface area contributed by atoms with Crippen LogP contribution in [-0.2, 0) is 38.4 Å². The molecule has 3 aromatic rings. The SMILES string of the molecule is CC(=O)N[C@@H](Cc1ccccc1)C(=O)N[C@@H](Cc1ccccc1)C(=O)N[C@@H](Cc1cnc[nH]1)C(N)=O.Cl. The van der Waals surface area contributed by atoms with E-state index in [0.717, 1.165) is 11.1 Å². The Morgan fingerprint density at radius 3 is 1.70 bits per heavy atom. The van der Waals surface area contributed by atoms with Crippen LogP contribution in [0.5, 0.6) is 0 Å². The molecule has 196 valence electrons. The summed E-state index contributed by atoms with van der Waals surface area (Å²) in [6.45, 7) is 1.33. The lowest BCUT2D eigenvalue weighted by molar-refractivity contribution is -0.133. The van der Waals surface area contributed by atoms with E-state index in [4.69, 9.17) is 5.73 Å². The largest absolute Gasteiger partial charge is 0.368 e. The molecule has 6 N–H and O–H groups in total. The fourth-order valence-corrected chi connectivity index (χ4v) is 3.75. The van der Waals surface area contributed by atoms with Crippen LogP contribution in [0, 0.1) is 0 Å². The van der Waals surface area contributed by atoms with Gasteiger partial charge in [0.2, 0.25) is 23.6 Å². The highest BCUT2D eigenvalue weighted by Crippen LogP contribution is 2.08. The molecule has 3 rings (SSSR count). The van der Waals surface area contributed by atoms with E-state index in [9.17, 15) is 19.2 Å². The molecule has 0 saturated carbocycles. The second-order valence-electron chi connectivity index (χ2n) is 8.44. The number of imidazole rings is 1. The summed E-state index contributed by atoms with van der Waals surface area (Å²) in [5.74, 6) is -2.18. The molecule has 0 aliphatic carbocycles. The van der Waals surface area contributed by atoms with Gasteiger partial charge < -0.3 is 26.7 Å². The maximum Gasteiger partial charge on any atom is 0.243 e. The Balaban J connectivity index is 0.00000481. The van der Waals surface area contributed by atoms with Crippen molar-refractivity contribution in [3.05, 3.63) is 90.0 Å². The van der Waals surface area contributed by atoms with E-state index in [1.807, 2.05) is 60.7 Å². The molecule has 11 heteroatoms. The van der Waals surface area contributed by atoms with Crippen LogP contribution >= 0.6 is 12.4 Å². The molecule has 0 unspecified atom stereocenters. The zero-order valence-electron chi connectivity index (χ0n) is 20.3. The van der Waals surface area contributed by atoms with Gasteiger partial charge in [0, 0.05) is 38.1 Å². The lowest BCUT2D eigenvalue weighted by Gasteiger charge is -2.25. The van der Waals surface area contributed by atoms with Crippen molar-refractivity contribution >= 4 is 36.0 Å². The van der Waals surface area contributed by atoms with Crippen molar-refractivity contribution in [2.24, 2.45) is 5.73 Å². The highest BCUT2D eigenvalue weighted by atomic mass is 35.5. The summed E-state index contributed by atoms with van der Waals surface area (Å²) < 4.78 is 0. The van der Waals surface area contributed by atoms with Crippen LogP contribution in [0.4, 0.5) is 0 Å². The zero-order valence-corrected chi connectivity index (χ0v) is 21.2. The number of H-pyrrole nitrogens is 1. The fraction of sp³-hybridized carbons (Fsp3) is 0.269. The van der Waals surface area contributed by atoms with Crippen LogP contribution < -0.4 is 21.7 Å². The summed E-state index contributed by atoms with van der Waals surface area (Å²) >= 11 is 0. The molecule has 0 aliphatic rings.